The van der Waals surface area contributed by atoms with E-state index in [1.807, 2.05) is 29.5 Å². The number of hydrazine groups is 1. The van der Waals surface area contributed by atoms with Crippen molar-refractivity contribution in [3.05, 3.63) is 59.2 Å². The fraction of sp³-hybridized carbons (Fsp3) is 0.250. The number of nitrogens with one attached hydrogen (secondary N) is 1. The highest BCUT2D eigenvalue weighted by atomic mass is 16.1. The van der Waals surface area contributed by atoms with E-state index in [9.17, 15) is 4.79 Å². The summed E-state index contributed by atoms with van der Waals surface area (Å²) in [5, 5.41) is 2.03. The Bertz CT molecular complexity index is 685. The first kappa shape index (κ1) is 11.5. The molecule has 0 aromatic carbocycles. The van der Waals surface area contributed by atoms with E-state index < -0.39 is 0 Å². The monoisotopic (exact) mass is 265 g/mol. The largest absolute Gasteiger partial charge is 0.301 e. The first-order valence-electron chi connectivity index (χ1n) is 6.90. The number of pyridine rings is 1. The van der Waals surface area contributed by atoms with Crippen LogP contribution in [0.25, 0.3) is 0 Å². The quantitative estimate of drug-likeness (QED) is 0.847. The van der Waals surface area contributed by atoms with Crippen molar-refractivity contribution < 1.29 is 4.79 Å². The van der Waals surface area contributed by atoms with Gasteiger partial charge in [0, 0.05) is 35.9 Å². The maximum atomic E-state index is 12.0. The topological polar surface area (TPSA) is 45.2 Å². The molecule has 0 spiro atoms. The molecule has 1 aromatic rings. The number of rotatable bonds is 1. The van der Waals surface area contributed by atoms with Gasteiger partial charge in [-0.1, -0.05) is 6.92 Å². The summed E-state index contributed by atoms with van der Waals surface area (Å²) in [5.41, 5.74) is 8.81. The van der Waals surface area contributed by atoms with Crippen LogP contribution in [-0.2, 0) is 4.79 Å². The summed E-state index contributed by atoms with van der Waals surface area (Å²) in [6.45, 7) is 2.12. The van der Waals surface area contributed by atoms with E-state index >= 15 is 0 Å². The van der Waals surface area contributed by atoms with E-state index in [1.54, 1.807) is 6.20 Å². The summed E-state index contributed by atoms with van der Waals surface area (Å²) in [5.74, 6) is 0.484. The molecular weight excluding hydrogens is 250 g/mol. The van der Waals surface area contributed by atoms with Gasteiger partial charge in [0.25, 0.3) is 0 Å². The van der Waals surface area contributed by atoms with Gasteiger partial charge in [-0.15, -0.1) is 0 Å². The summed E-state index contributed by atoms with van der Waals surface area (Å²) in [4.78, 5) is 16.2. The molecule has 0 radical (unpaired) electrons. The molecule has 1 aliphatic heterocycles. The molecule has 20 heavy (non-hydrogen) atoms. The Balaban J connectivity index is 1.79. The molecule has 4 rings (SSSR count). The Morgan fingerprint density at radius 3 is 3.10 bits per heavy atom. The second kappa shape index (κ2) is 4.07. The van der Waals surface area contributed by atoms with Gasteiger partial charge in [-0.05, 0) is 30.2 Å². The predicted octanol–water partition coefficient (Wildman–Crippen LogP) is 2.48. The smallest absolute Gasteiger partial charge is 0.160 e. The van der Waals surface area contributed by atoms with Crippen molar-refractivity contribution in [2.24, 2.45) is 5.92 Å². The second-order valence-electron chi connectivity index (χ2n) is 5.39. The second-order valence-corrected chi connectivity index (χ2v) is 5.39. The molecule has 1 aromatic heterocycles. The average Bonchev–Trinajstić information content (AvgIpc) is 3.05. The number of anilines is 1. The molecule has 100 valence electrons. The molecule has 4 heteroatoms. The number of hydrogen-bond donors (Lipinski definition) is 1. The molecule has 0 unspecified atom stereocenters. The number of hydrogen-bond acceptors (Lipinski definition) is 4. The van der Waals surface area contributed by atoms with Gasteiger partial charge in [0.05, 0.1) is 17.6 Å². The highest BCUT2D eigenvalue weighted by Crippen LogP contribution is 2.43. The first-order valence-corrected chi connectivity index (χ1v) is 6.90. The number of nitrogens with zero attached hydrogens (tertiary/aromatic N) is 2. The molecule has 1 N–H and O–H groups in total. The van der Waals surface area contributed by atoms with Crippen molar-refractivity contribution in [2.45, 2.75) is 19.8 Å². The lowest BCUT2D eigenvalue weighted by Gasteiger charge is -2.27. The van der Waals surface area contributed by atoms with Gasteiger partial charge in [-0.3, -0.25) is 14.8 Å². The van der Waals surface area contributed by atoms with E-state index in [0.29, 0.717) is 12.2 Å². The molecule has 4 nitrogen and oxygen atoms in total. The lowest BCUT2D eigenvalue weighted by Crippen LogP contribution is -2.30. The fourth-order valence-electron chi connectivity index (χ4n) is 3.29. The molecule has 2 aliphatic carbocycles. The summed E-state index contributed by atoms with van der Waals surface area (Å²) >= 11 is 0. The first-order chi connectivity index (χ1) is 9.75. The standard InChI is InChI=1S/C16H15N3O/c1-10-13-9-18-19(12-3-2-6-17-8-12)14(13)7-11-4-5-15(20)16(10)11/h2-3,6-10,18H,4-5H2,1H3/t10-/m0/s1. The maximum absolute atomic E-state index is 12.0. The minimum atomic E-state index is 0.175. The predicted molar refractivity (Wildman–Crippen MR) is 76.4 cm³/mol. The maximum Gasteiger partial charge on any atom is 0.160 e. The van der Waals surface area contributed by atoms with Gasteiger partial charge in [0.1, 0.15) is 0 Å². The number of fused-ring (bicyclic) bond motifs is 1. The Labute approximate surface area is 117 Å². The van der Waals surface area contributed by atoms with E-state index in [0.717, 1.165) is 23.4 Å². The highest BCUT2D eigenvalue weighted by molar-refractivity contribution is 6.01. The molecule has 3 aliphatic rings. The third kappa shape index (κ3) is 1.48. The summed E-state index contributed by atoms with van der Waals surface area (Å²) < 4.78 is 0. The van der Waals surface area contributed by atoms with Gasteiger partial charge in [0.15, 0.2) is 5.78 Å². The van der Waals surface area contributed by atoms with Gasteiger partial charge in [-0.25, -0.2) is 0 Å². The van der Waals surface area contributed by atoms with Crippen LogP contribution in [0.1, 0.15) is 19.8 Å². The Kier molecular flexibility index (Phi) is 2.33. The van der Waals surface area contributed by atoms with Gasteiger partial charge >= 0.3 is 0 Å². The number of allylic oxidation sites excluding steroid dienone is 4. The molecule has 0 saturated heterocycles. The van der Waals surface area contributed by atoms with E-state index in [2.05, 4.69) is 23.4 Å². The zero-order valence-corrected chi connectivity index (χ0v) is 11.3. The highest BCUT2D eigenvalue weighted by Gasteiger charge is 2.37. The molecular formula is C16H15N3O. The Hall–Kier alpha value is -2.36. The van der Waals surface area contributed by atoms with Crippen molar-refractivity contribution in [3.63, 3.8) is 0 Å². The molecule has 0 amide bonds. The number of carbonyl (C=O) groups is 1. The molecule has 2 heterocycles. The summed E-state index contributed by atoms with van der Waals surface area (Å²) in [6, 6.07) is 3.94. The minimum Gasteiger partial charge on any atom is -0.301 e. The normalized spacial score (nSPS) is 24.1. The van der Waals surface area contributed by atoms with Crippen molar-refractivity contribution in [1.29, 1.82) is 0 Å². The third-order valence-corrected chi connectivity index (χ3v) is 4.27. The number of carbonyl (C=O) groups excluding carboxylic acids is 1. The van der Waals surface area contributed by atoms with Crippen LogP contribution >= 0.6 is 0 Å². The third-order valence-electron chi connectivity index (χ3n) is 4.27. The number of aromatic nitrogens is 1. The van der Waals surface area contributed by atoms with Gasteiger partial charge in [-0.2, -0.15) is 0 Å². The zero-order valence-electron chi connectivity index (χ0n) is 11.3. The Morgan fingerprint density at radius 2 is 2.30 bits per heavy atom. The van der Waals surface area contributed by atoms with Crippen LogP contribution in [0.15, 0.2) is 59.2 Å². The van der Waals surface area contributed by atoms with Gasteiger partial charge in [0.2, 0.25) is 0 Å². The van der Waals surface area contributed by atoms with E-state index in [1.165, 1.54) is 11.1 Å². The van der Waals surface area contributed by atoms with Crippen LogP contribution in [0.4, 0.5) is 5.69 Å². The molecule has 0 fully saturated rings. The van der Waals surface area contributed by atoms with Crippen LogP contribution < -0.4 is 10.4 Å². The van der Waals surface area contributed by atoms with Crippen LogP contribution in [-0.4, -0.2) is 10.8 Å². The summed E-state index contributed by atoms with van der Waals surface area (Å²) in [6.07, 6.45) is 9.28. The fourth-order valence-corrected chi connectivity index (χ4v) is 3.29. The molecule has 1 atom stereocenters. The SMILES string of the molecule is C[C@H]1C2=CNN(c3cccnc3)C2=CC2=C1C(=O)CC2. The number of Topliss-reactive ketones (excluding diaryl/α,β-unsaturated/α-hetero) is 1. The Morgan fingerprint density at radius 1 is 1.40 bits per heavy atom. The van der Waals surface area contributed by atoms with Crippen molar-refractivity contribution in [2.75, 3.05) is 5.01 Å². The average molecular weight is 265 g/mol. The van der Waals surface area contributed by atoms with Crippen molar-refractivity contribution in [3.8, 4) is 0 Å². The van der Waals surface area contributed by atoms with Crippen LogP contribution in [0.2, 0.25) is 0 Å². The van der Waals surface area contributed by atoms with Crippen molar-refractivity contribution >= 4 is 11.5 Å². The molecule has 0 saturated carbocycles. The summed E-state index contributed by atoms with van der Waals surface area (Å²) in [7, 11) is 0. The minimum absolute atomic E-state index is 0.175. The zero-order chi connectivity index (χ0) is 13.7. The van der Waals surface area contributed by atoms with E-state index in [4.69, 9.17) is 0 Å². The van der Waals surface area contributed by atoms with Crippen LogP contribution in [0.5, 0.6) is 0 Å². The van der Waals surface area contributed by atoms with Crippen molar-refractivity contribution in [1.82, 2.24) is 10.4 Å². The lowest BCUT2D eigenvalue weighted by molar-refractivity contribution is -0.115. The van der Waals surface area contributed by atoms with Crippen LogP contribution in [0, 0.1) is 5.92 Å². The van der Waals surface area contributed by atoms with Gasteiger partial charge < -0.3 is 5.43 Å². The number of ketones is 1. The van der Waals surface area contributed by atoms with Crippen LogP contribution in [0.3, 0.4) is 0 Å². The lowest BCUT2D eigenvalue weighted by atomic mass is 9.84. The van der Waals surface area contributed by atoms with E-state index in [-0.39, 0.29) is 5.92 Å². The molecule has 0 bridgehead atoms.